The maximum absolute atomic E-state index is 13.4. The summed E-state index contributed by atoms with van der Waals surface area (Å²) in [6.07, 6.45) is 0. The minimum Gasteiger partial charge on any atom is -0.421 e. The van der Waals surface area contributed by atoms with Gasteiger partial charge in [0, 0.05) is 12.1 Å². The molecule has 0 bridgehead atoms. The monoisotopic (exact) mass is 336 g/mol. The van der Waals surface area contributed by atoms with E-state index in [1.165, 1.54) is 12.1 Å². The van der Waals surface area contributed by atoms with Gasteiger partial charge >= 0.3 is 5.97 Å². The van der Waals surface area contributed by atoms with Gasteiger partial charge in [-0.05, 0) is 18.2 Å². The van der Waals surface area contributed by atoms with Gasteiger partial charge < -0.3 is 4.74 Å². The summed E-state index contributed by atoms with van der Waals surface area (Å²) < 4.78 is 31.1. The number of esters is 1. The van der Waals surface area contributed by atoms with Crippen LogP contribution in [0, 0.1) is 11.6 Å². The van der Waals surface area contributed by atoms with E-state index in [4.69, 9.17) is 39.5 Å². The first-order chi connectivity index (χ1) is 9.38. The molecule has 2 rings (SSSR count). The molecule has 2 aromatic rings. The molecule has 104 valence electrons. The fraction of sp³-hybridized carbons (Fsp3) is 0. The minimum atomic E-state index is -1.04. The topological polar surface area (TPSA) is 26.3 Å². The molecule has 0 aliphatic heterocycles. The van der Waals surface area contributed by atoms with Gasteiger partial charge in [-0.15, -0.1) is 0 Å². The maximum atomic E-state index is 13.4. The average Bonchev–Trinajstić information content (AvgIpc) is 2.35. The molecule has 0 amide bonds. The Balaban J connectivity index is 2.30. The van der Waals surface area contributed by atoms with E-state index in [1.54, 1.807) is 0 Å². The third-order valence-corrected chi connectivity index (χ3v) is 3.35. The van der Waals surface area contributed by atoms with Crippen LogP contribution in [0.4, 0.5) is 8.78 Å². The zero-order chi connectivity index (χ0) is 14.9. The second-order valence-electron chi connectivity index (χ2n) is 3.71. The fourth-order valence-corrected chi connectivity index (χ4v) is 1.97. The lowest BCUT2D eigenvalue weighted by atomic mass is 10.2. The Kier molecular flexibility index (Phi) is 4.48. The first kappa shape index (κ1) is 15.0. The van der Waals surface area contributed by atoms with Crippen LogP contribution < -0.4 is 4.74 Å². The summed E-state index contributed by atoms with van der Waals surface area (Å²) in [4.78, 5) is 11.8. The van der Waals surface area contributed by atoms with E-state index in [0.717, 1.165) is 12.1 Å². The Hall–Kier alpha value is -1.36. The van der Waals surface area contributed by atoms with E-state index in [-0.39, 0.29) is 20.8 Å². The molecule has 0 atom stereocenters. The molecule has 0 aliphatic rings. The van der Waals surface area contributed by atoms with E-state index in [9.17, 15) is 13.6 Å². The minimum absolute atomic E-state index is 0.0373. The number of halogens is 5. The molecule has 0 saturated heterocycles. The van der Waals surface area contributed by atoms with E-state index >= 15 is 0 Å². The Morgan fingerprint density at radius 1 is 0.950 bits per heavy atom. The lowest BCUT2D eigenvalue weighted by Gasteiger charge is -2.08. The van der Waals surface area contributed by atoms with Crippen molar-refractivity contribution < 1.29 is 18.3 Å². The van der Waals surface area contributed by atoms with Crippen LogP contribution in [-0.2, 0) is 0 Å². The SMILES string of the molecule is O=C(Oc1cc(Cl)c(Cl)cc1Cl)c1ccc(F)cc1F. The number of benzene rings is 2. The van der Waals surface area contributed by atoms with Gasteiger partial charge in [-0.2, -0.15) is 0 Å². The molecule has 0 fully saturated rings. The van der Waals surface area contributed by atoms with Gasteiger partial charge in [0.1, 0.15) is 11.6 Å². The highest BCUT2D eigenvalue weighted by molar-refractivity contribution is 6.43. The standard InChI is InChI=1S/C13H5Cl3F2O2/c14-8-4-10(16)12(5-9(8)15)20-13(19)7-2-1-6(17)3-11(7)18/h1-5H. The lowest BCUT2D eigenvalue weighted by Crippen LogP contribution is -2.11. The molecule has 7 heteroatoms. The van der Waals surface area contributed by atoms with Crippen LogP contribution in [0.3, 0.4) is 0 Å². The third-order valence-electron chi connectivity index (χ3n) is 2.33. The maximum Gasteiger partial charge on any atom is 0.346 e. The Bertz CT molecular complexity index is 690. The number of carbonyl (C=O) groups is 1. The van der Waals surface area contributed by atoms with E-state index < -0.39 is 23.2 Å². The van der Waals surface area contributed by atoms with Crippen molar-refractivity contribution in [1.29, 1.82) is 0 Å². The number of rotatable bonds is 2. The van der Waals surface area contributed by atoms with E-state index in [0.29, 0.717) is 6.07 Å². The smallest absolute Gasteiger partial charge is 0.346 e. The largest absolute Gasteiger partial charge is 0.421 e. The number of carbonyl (C=O) groups excluding carboxylic acids is 1. The van der Waals surface area contributed by atoms with Gasteiger partial charge in [-0.25, -0.2) is 13.6 Å². The molecule has 0 aliphatic carbocycles. The van der Waals surface area contributed by atoms with Gasteiger partial charge in [0.15, 0.2) is 5.75 Å². The van der Waals surface area contributed by atoms with Gasteiger partial charge in [0.2, 0.25) is 0 Å². The summed E-state index contributed by atoms with van der Waals surface area (Å²) in [5, 5.41) is 0.346. The molecule has 0 radical (unpaired) electrons. The quantitative estimate of drug-likeness (QED) is 0.431. The van der Waals surface area contributed by atoms with Crippen molar-refractivity contribution in [3.63, 3.8) is 0 Å². The van der Waals surface area contributed by atoms with Crippen molar-refractivity contribution in [2.75, 3.05) is 0 Å². The average molecular weight is 338 g/mol. The van der Waals surface area contributed by atoms with Crippen molar-refractivity contribution >= 4 is 40.8 Å². The highest BCUT2D eigenvalue weighted by Gasteiger charge is 2.17. The van der Waals surface area contributed by atoms with Crippen molar-refractivity contribution in [2.45, 2.75) is 0 Å². The number of ether oxygens (including phenoxy) is 1. The van der Waals surface area contributed by atoms with Crippen LogP contribution >= 0.6 is 34.8 Å². The van der Waals surface area contributed by atoms with Crippen LogP contribution in [0.15, 0.2) is 30.3 Å². The van der Waals surface area contributed by atoms with Crippen molar-refractivity contribution in [1.82, 2.24) is 0 Å². The second-order valence-corrected chi connectivity index (χ2v) is 4.93. The molecule has 20 heavy (non-hydrogen) atoms. The molecule has 2 aromatic carbocycles. The first-order valence-corrected chi connectivity index (χ1v) is 6.33. The summed E-state index contributed by atoms with van der Waals surface area (Å²) in [5.74, 6) is -2.93. The highest BCUT2D eigenvalue weighted by atomic mass is 35.5. The van der Waals surface area contributed by atoms with Gasteiger partial charge in [-0.1, -0.05) is 34.8 Å². The molecular weight excluding hydrogens is 332 g/mol. The lowest BCUT2D eigenvalue weighted by molar-refractivity contribution is 0.0730. The van der Waals surface area contributed by atoms with Gasteiger partial charge in [0.25, 0.3) is 0 Å². The van der Waals surface area contributed by atoms with E-state index in [1.807, 2.05) is 0 Å². The highest BCUT2D eigenvalue weighted by Crippen LogP contribution is 2.34. The Morgan fingerprint density at radius 3 is 2.25 bits per heavy atom. The summed E-state index contributed by atoms with van der Waals surface area (Å²) in [6.45, 7) is 0. The van der Waals surface area contributed by atoms with Gasteiger partial charge in [0.05, 0.1) is 20.6 Å². The first-order valence-electron chi connectivity index (χ1n) is 5.20. The fourth-order valence-electron chi connectivity index (χ4n) is 1.39. The van der Waals surface area contributed by atoms with Crippen molar-refractivity contribution in [2.24, 2.45) is 0 Å². The zero-order valence-electron chi connectivity index (χ0n) is 9.59. The summed E-state index contributed by atoms with van der Waals surface area (Å²) in [5.41, 5.74) is -0.423. The van der Waals surface area contributed by atoms with Crippen LogP contribution in [0.5, 0.6) is 5.75 Å². The predicted molar refractivity (Wildman–Crippen MR) is 72.8 cm³/mol. The summed E-state index contributed by atoms with van der Waals surface area (Å²) in [6, 6.07) is 5.00. The molecule has 0 aromatic heterocycles. The van der Waals surface area contributed by atoms with Gasteiger partial charge in [-0.3, -0.25) is 0 Å². The van der Waals surface area contributed by atoms with Crippen LogP contribution in [0.25, 0.3) is 0 Å². The van der Waals surface area contributed by atoms with Crippen LogP contribution in [0.1, 0.15) is 10.4 Å². The Labute approximate surface area is 127 Å². The molecule has 0 spiro atoms. The molecule has 0 saturated carbocycles. The molecular formula is C13H5Cl3F2O2. The van der Waals surface area contributed by atoms with Crippen molar-refractivity contribution in [3.8, 4) is 5.75 Å². The summed E-state index contributed by atoms with van der Waals surface area (Å²) >= 11 is 17.3. The second kappa shape index (κ2) is 5.95. The number of hydrogen-bond donors (Lipinski definition) is 0. The zero-order valence-corrected chi connectivity index (χ0v) is 11.9. The normalized spacial score (nSPS) is 10.4. The summed E-state index contributed by atoms with van der Waals surface area (Å²) in [7, 11) is 0. The van der Waals surface area contributed by atoms with Crippen molar-refractivity contribution in [3.05, 3.63) is 62.6 Å². The molecule has 0 heterocycles. The Morgan fingerprint density at radius 2 is 1.60 bits per heavy atom. The van der Waals surface area contributed by atoms with E-state index in [2.05, 4.69) is 0 Å². The predicted octanol–water partition coefficient (Wildman–Crippen LogP) is 5.14. The van der Waals surface area contributed by atoms with Crippen LogP contribution in [-0.4, -0.2) is 5.97 Å². The van der Waals surface area contributed by atoms with Crippen LogP contribution in [0.2, 0.25) is 15.1 Å². The number of hydrogen-bond acceptors (Lipinski definition) is 2. The molecule has 0 unspecified atom stereocenters. The molecule has 2 nitrogen and oxygen atoms in total. The third kappa shape index (κ3) is 3.20. The molecule has 0 N–H and O–H groups in total.